The fraction of sp³-hybridized carbons (Fsp3) is 0.714. The average Bonchev–Trinajstić information content (AvgIpc) is 2.84. The molecule has 0 unspecified atom stereocenters. The molecule has 0 spiro atoms. The summed E-state index contributed by atoms with van der Waals surface area (Å²) in [5.74, 6) is -4.25. The van der Waals surface area contributed by atoms with Crippen molar-refractivity contribution in [2.45, 2.75) is 44.7 Å². The molecule has 1 aliphatic heterocycles. The monoisotopic (exact) mass is 312 g/mol. The van der Waals surface area contributed by atoms with Crippen LogP contribution in [0.15, 0.2) is 0 Å². The van der Waals surface area contributed by atoms with Crippen molar-refractivity contribution >= 4 is 23.8 Å². The normalized spacial score (nSPS) is 28.6. The van der Waals surface area contributed by atoms with E-state index >= 15 is 0 Å². The Kier molecular flexibility index (Phi) is 4.68. The number of likely N-dealkylation sites (tertiary alicyclic amines) is 1. The molecule has 2 rings (SSSR count). The predicted octanol–water partition coefficient (Wildman–Crippen LogP) is -0.322. The molecule has 8 heteroatoms. The minimum absolute atomic E-state index is 0.358. The van der Waals surface area contributed by atoms with Crippen LogP contribution in [0.1, 0.15) is 32.6 Å². The zero-order valence-corrected chi connectivity index (χ0v) is 12.3. The van der Waals surface area contributed by atoms with Crippen LogP contribution in [0.5, 0.6) is 0 Å². The van der Waals surface area contributed by atoms with Crippen LogP contribution in [-0.4, -0.2) is 57.5 Å². The average molecular weight is 312 g/mol. The van der Waals surface area contributed by atoms with E-state index in [1.54, 1.807) is 0 Å². The first-order valence-corrected chi connectivity index (χ1v) is 7.39. The highest BCUT2D eigenvalue weighted by Gasteiger charge is 2.43. The Balaban J connectivity index is 1.93. The predicted molar refractivity (Wildman–Crippen MR) is 73.8 cm³/mol. The van der Waals surface area contributed by atoms with Gasteiger partial charge in [0.05, 0.1) is 11.8 Å². The molecule has 1 saturated carbocycles. The van der Waals surface area contributed by atoms with Gasteiger partial charge in [0.25, 0.3) is 0 Å². The van der Waals surface area contributed by atoms with Crippen LogP contribution in [0.3, 0.4) is 0 Å². The quantitative estimate of drug-likeness (QED) is 0.639. The van der Waals surface area contributed by atoms with E-state index < -0.39 is 47.7 Å². The number of carboxylic acids is 2. The van der Waals surface area contributed by atoms with Crippen molar-refractivity contribution in [1.29, 1.82) is 0 Å². The van der Waals surface area contributed by atoms with Crippen LogP contribution in [0.2, 0.25) is 0 Å². The number of carboxylic acid groups (broad SMARTS) is 2. The van der Waals surface area contributed by atoms with Crippen LogP contribution in [0.25, 0.3) is 0 Å². The number of carbonyl (C=O) groups excluding carboxylic acids is 2. The van der Waals surface area contributed by atoms with Crippen LogP contribution < -0.4 is 5.32 Å². The standard InChI is InChI=1S/C14H20N2O6/c1-7(12(18)16-6-2-3-10(16)14(21)22)15-11(17)8-4-5-9(8)13(19)20/h7-10H,2-6H2,1H3,(H,15,17)(H,19,20)(H,21,22)/t7-,8+,9+,10-/m0/s1. The zero-order valence-electron chi connectivity index (χ0n) is 12.3. The van der Waals surface area contributed by atoms with E-state index in [2.05, 4.69) is 5.32 Å². The Hall–Kier alpha value is -2.12. The molecule has 8 nitrogen and oxygen atoms in total. The minimum atomic E-state index is -1.05. The third-order valence-corrected chi connectivity index (χ3v) is 4.48. The summed E-state index contributed by atoms with van der Waals surface area (Å²) in [6.07, 6.45) is 1.98. The number of nitrogens with zero attached hydrogens (tertiary/aromatic N) is 1. The van der Waals surface area contributed by atoms with E-state index in [1.807, 2.05) is 0 Å². The fourth-order valence-electron chi connectivity index (χ4n) is 3.03. The number of carbonyl (C=O) groups is 4. The molecule has 1 saturated heterocycles. The van der Waals surface area contributed by atoms with Gasteiger partial charge in [-0.15, -0.1) is 0 Å². The van der Waals surface area contributed by atoms with Gasteiger partial charge in [-0.05, 0) is 32.6 Å². The third-order valence-electron chi connectivity index (χ3n) is 4.48. The number of hydrogen-bond acceptors (Lipinski definition) is 4. The molecule has 0 bridgehead atoms. The van der Waals surface area contributed by atoms with E-state index in [-0.39, 0.29) is 0 Å². The van der Waals surface area contributed by atoms with Gasteiger partial charge in [0.15, 0.2) is 0 Å². The minimum Gasteiger partial charge on any atom is -0.481 e. The van der Waals surface area contributed by atoms with Gasteiger partial charge in [-0.1, -0.05) is 0 Å². The van der Waals surface area contributed by atoms with E-state index in [4.69, 9.17) is 10.2 Å². The molecule has 22 heavy (non-hydrogen) atoms. The largest absolute Gasteiger partial charge is 0.481 e. The Morgan fingerprint density at radius 1 is 1.05 bits per heavy atom. The highest BCUT2D eigenvalue weighted by molar-refractivity contribution is 5.92. The van der Waals surface area contributed by atoms with Crippen molar-refractivity contribution in [3.63, 3.8) is 0 Å². The van der Waals surface area contributed by atoms with E-state index in [0.29, 0.717) is 32.2 Å². The van der Waals surface area contributed by atoms with E-state index in [0.717, 1.165) is 0 Å². The Morgan fingerprint density at radius 3 is 2.18 bits per heavy atom. The number of rotatable bonds is 5. The summed E-state index contributed by atoms with van der Waals surface area (Å²) in [5, 5.41) is 20.5. The lowest BCUT2D eigenvalue weighted by Gasteiger charge is -2.33. The van der Waals surface area contributed by atoms with E-state index in [9.17, 15) is 19.2 Å². The van der Waals surface area contributed by atoms with Gasteiger partial charge in [-0.2, -0.15) is 0 Å². The van der Waals surface area contributed by atoms with Crippen LogP contribution in [0, 0.1) is 11.8 Å². The Bertz CT molecular complexity index is 506. The molecule has 3 N–H and O–H groups in total. The fourth-order valence-corrected chi connectivity index (χ4v) is 3.03. The topological polar surface area (TPSA) is 124 Å². The molecule has 0 aromatic heterocycles. The summed E-state index contributed by atoms with van der Waals surface area (Å²) >= 11 is 0. The van der Waals surface area contributed by atoms with Gasteiger partial charge in [0, 0.05) is 6.54 Å². The lowest BCUT2D eigenvalue weighted by molar-refractivity contribution is -0.154. The zero-order chi connectivity index (χ0) is 16.4. The molecule has 1 aliphatic carbocycles. The first kappa shape index (κ1) is 16.3. The highest BCUT2D eigenvalue weighted by Crippen LogP contribution is 2.34. The molecule has 2 amide bonds. The van der Waals surface area contributed by atoms with Crippen molar-refractivity contribution in [1.82, 2.24) is 10.2 Å². The number of hydrogen-bond donors (Lipinski definition) is 3. The van der Waals surface area contributed by atoms with Crippen molar-refractivity contribution in [3.8, 4) is 0 Å². The molecule has 4 atom stereocenters. The molecule has 0 aromatic carbocycles. The first-order valence-electron chi connectivity index (χ1n) is 7.39. The third kappa shape index (κ3) is 3.05. The summed E-state index contributed by atoms with van der Waals surface area (Å²) in [5.41, 5.74) is 0. The molecule has 122 valence electrons. The van der Waals surface area contributed by atoms with Crippen molar-refractivity contribution in [2.24, 2.45) is 11.8 Å². The Morgan fingerprint density at radius 2 is 1.68 bits per heavy atom. The second kappa shape index (κ2) is 6.33. The molecular weight excluding hydrogens is 292 g/mol. The lowest BCUT2D eigenvalue weighted by atomic mass is 9.73. The smallest absolute Gasteiger partial charge is 0.326 e. The second-order valence-electron chi connectivity index (χ2n) is 5.89. The molecule has 0 aromatic rings. The van der Waals surface area contributed by atoms with Gasteiger partial charge >= 0.3 is 11.9 Å². The summed E-state index contributed by atoms with van der Waals surface area (Å²) < 4.78 is 0. The van der Waals surface area contributed by atoms with Gasteiger partial charge in [0.2, 0.25) is 11.8 Å². The van der Waals surface area contributed by atoms with Crippen LogP contribution in [-0.2, 0) is 19.2 Å². The SMILES string of the molecule is C[C@H](NC(=O)[C@@H]1CC[C@H]1C(=O)O)C(=O)N1CCC[C@H]1C(=O)O. The van der Waals surface area contributed by atoms with Gasteiger partial charge in [0.1, 0.15) is 12.1 Å². The molecule has 0 radical (unpaired) electrons. The van der Waals surface area contributed by atoms with Gasteiger partial charge in [-0.25, -0.2) is 4.79 Å². The Labute approximate surface area is 127 Å². The first-order chi connectivity index (χ1) is 10.3. The number of amides is 2. The molecular formula is C14H20N2O6. The maximum absolute atomic E-state index is 12.3. The maximum Gasteiger partial charge on any atom is 0.326 e. The van der Waals surface area contributed by atoms with Crippen LogP contribution in [0.4, 0.5) is 0 Å². The summed E-state index contributed by atoms with van der Waals surface area (Å²) in [7, 11) is 0. The number of nitrogens with one attached hydrogen (secondary N) is 1. The highest BCUT2D eigenvalue weighted by atomic mass is 16.4. The van der Waals surface area contributed by atoms with Crippen molar-refractivity contribution < 1.29 is 29.4 Å². The van der Waals surface area contributed by atoms with Gasteiger partial charge in [-0.3, -0.25) is 14.4 Å². The summed E-state index contributed by atoms with van der Waals surface area (Å²) in [6, 6.07) is -1.70. The second-order valence-corrected chi connectivity index (χ2v) is 5.89. The number of aliphatic carboxylic acids is 2. The summed E-state index contributed by atoms with van der Waals surface area (Å²) in [6.45, 7) is 1.85. The van der Waals surface area contributed by atoms with Crippen molar-refractivity contribution in [3.05, 3.63) is 0 Å². The maximum atomic E-state index is 12.3. The van der Waals surface area contributed by atoms with Crippen LogP contribution >= 0.6 is 0 Å². The van der Waals surface area contributed by atoms with Gasteiger partial charge < -0.3 is 20.4 Å². The summed E-state index contributed by atoms with van der Waals surface area (Å²) in [4.78, 5) is 47.6. The lowest BCUT2D eigenvalue weighted by Crippen LogP contribution is -2.53. The van der Waals surface area contributed by atoms with E-state index in [1.165, 1.54) is 11.8 Å². The molecule has 2 aliphatic rings. The molecule has 2 fully saturated rings. The molecule has 1 heterocycles. The van der Waals surface area contributed by atoms with Crippen molar-refractivity contribution in [2.75, 3.05) is 6.54 Å².